The van der Waals surface area contributed by atoms with Crippen molar-refractivity contribution >= 4 is 28.8 Å². The lowest BCUT2D eigenvalue weighted by Gasteiger charge is -2.18. The van der Waals surface area contributed by atoms with Gasteiger partial charge in [0, 0.05) is 18.7 Å². The first kappa shape index (κ1) is 26.0. The van der Waals surface area contributed by atoms with Gasteiger partial charge in [-0.1, -0.05) is 18.2 Å². The van der Waals surface area contributed by atoms with Gasteiger partial charge in [0.2, 0.25) is 5.78 Å². The smallest absolute Gasteiger partial charge is 0.416 e. The van der Waals surface area contributed by atoms with E-state index in [0.717, 1.165) is 6.07 Å². The van der Waals surface area contributed by atoms with Crippen molar-refractivity contribution in [3.05, 3.63) is 76.8 Å². The van der Waals surface area contributed by atoms with Crippen molar-refractivity contribution in [2.45, 2.75) is 26.1 Å². The fourth-order valence-corrected chi connectivity index (χ4v) is 3.54. The van der Waals surface area contributed by atoms with E-state index in [-0.39, 0.29) is 41.4 Å². The van der Waals surface area contributed by atoms with Crippen molar-refractivity contribution in [3.8, 4) is 0 Å². The van der Waals surface area contributed by atoms with Gasteiger partial charge in [-0.15, -0.1) is 0 Å². The first-order chi connectivity index (χ1) is 16.5. The number of benzene rings is 2. The Morgan fingerprint density at radius 1 is 1.11 bits per heavy atom. The molecule has 10 heteroatoms. The molecule has 3 rings (SSSR count). The van der Waals surface area contributed by atoms with Gasteiger partial charge in [-0.2, -0.15) is 13.2 Å². The third-order valence-corrected chi connectivity index (χ3v) is 5.08. The molecule has 2 N–H and O–H groups in total. The highest BCUT2D eigenvalue weighted by Crippen LogP contribution is 2.34. The molecule has 0 fully saturated rings. The molecule has 2 amide bonds. The van der Waals surface area contributed by atoms with Crippen LogP contribution in [0.15, 0.2) is 54.3 Å². The number of urea groups is 1. The van der Waals surface area contributed by atoms with Gasteiger partial charge < -0.3 is 20.3 Å². The van der Waals surface area contributed by atoms with E-state index in [1.807, 2.05) is 0 Å². The molecule has 2 aromatic carbocycles. The van der Waals surface area contributed by atoms with E-state index in [1.54, 1.807) is 38.1 Å². The number of hydrogen-bond acceptors (Lipinski definition) is 4. The van der Waals surface area contributed by atoms with Crippen LogP contribution in [0.25, 0.3) is 5.57 Å². The number of hydrogen-bond donors (Lipinski definition) is 2. The third kappa shape index (κ3) is 6.69. The second-order valence-corrected chi connectivity index (χ2v) is 8.11. The van der Waals surface area contributed by atoms with Crippen LogP contribution >= 0.6 is 0 Å². The summed E-state index contributed by atoms with van der Waals surface area (Å²) in [4.78, 5) is 25.8. The van der Waals surface area contributed by atoms with Gasteiger partial charge in [-0.25, -0.2) is 9.18 Å². The summed E-state index contributed by atoms with van der Waals surface area (Å²) in [6, 6.07) is 6.67. The minimum absolute atomic E-state index is 0.0651. The maximum Gasteiger partial charge on any atom is 0.416 e. The Bertz CT molecular complexity index is 1190. The largest absolute Gasteiger partial charge is 0.490 e. The van der Waals surface area contributed by atoms with Crippen molar-refractivity contribution < 1.29 is 31.9 Å². The number of nitrogens with zero attached hydrogens (tertiary/aromatic N) is 1. The standard InChI is InChI=1S/C25H25F4N3O3/c1-4-35-23-12-16(7-10-22(23)33)15-6-9-21(20(26)11-15)31-24(34)30-18-8-5-17(14-32(2)3)19(13-18)25(27,28)29/h5-9,11-13H,4,10,14H2,1-3H3,(H2,30,31,34). The van der Waals surface area contributed by atoms with E-state index in [2.05, 4.69) is 10.6 Å². The lowest BCUT2D eigenvalue weighted by Crippen LogP contribution is -2.21. The highest BCUT2D eigenvalue weighted by molar-refractivity contribution is 6.02. The normalized spacial score (nSPS) is 13.9. The summed E-state index contributed by atoms with van der Waals surface area (Å²) < 4.78 is 60.4. The molecular weight excluding hydrogens is 466 g/mol. The second kappa shape index (κ2) is 10.7. The average molecular weight is 491 g/mol. The fourth-order valence-electron chi connectivity index (χ4n) is 3.54. The van der Waals surface area contributed by atoms with E-state index in [9.17, 15) is 27.2 Å². The van der Waals surface area contributed by atoms with Crippen LogP contribution in [0.4, 0.5) is 33.7 Å². The highest BCUT2D eigenvalue weighted by Gasteiger charge is 2.33. The lowest BCUT2D eigenvalue weighted by atomic mass is 9.97. The third-order valence-electron chi connectivity index (χ3n) is 5.08. The molecule has 2 aromatic rings. The minimum atomic E-state index is -4.60. The summed E-state index contributed by atoms with van der Waals surface area (Å²) >= 11 is 0. The van der Waals surface area contributed by atoms with E-state index < -0.39 is 23.6 Å². The Kier molecular flexibility index (Phi) is 7.96. The summed E-state index contributed by atoms with van der Waals surface area (Å²) in [5.74, 6) is -0.726. The number of alkyl halides is 3. The fraction of sp³-hybridized carbons (Fsp3) is 0.280. The predicted octanol–water partition coefficient (Wildman–Crippen LogP) is 5.83. The quantitative estimate of drug-likeness (QED) is 0.479. The number of rotatable bonds is 7. The van der Waals surface area contributed by atoms with Gasteiger partial charge in [-0.05, 0) is 68.1 Å². The number of anilines is 2. The number of carbonyl (C=O) groups excluding carboxylic acids is 2. The van der Waals surface area contributed by atoms with Crippen molar-refractivity contribution in [3.63, 3.8) is 0 Å². The van der Waals surface area contributed by atoms with Crippen LogP contribution in [0.3, 0.4) is 0 Å². The lowest BCUT2D eigenvalue weighted by molar-refractivity contribution is -0.138. The van der Waals surface area contributed by atoms with E-state index in [0.29, 0.717) is 17.7 Å². The molecule has 0 saturated carbocycles. The second-order valence-electron chi connectivity index (χ2n) is 8.11. The Morgan fingerprint density at radius 2 is 1.86 bits per heavy atom. The topological polar surface area (TPSA) is 70.7 Å². The Balaban J connectivity index is 1.74. The van der Waals surface area contributed by atoms with Crippen LogP contribution in [-0.4, -0.2) is 37.4 Å². The average Bonchev–Trinajstić information content (AvgIpc) is 2.77. The number of ether oxygens (including phenoxy) is 1. The minimum Gasteiger partial charge on any atom is -0.490 e. The molecule has 186 valence electrons. The highest BCUT2D eigenvalue weighted by atomic mass is 19.4. The molecule has 35 heavy (non-hydrogen) atoms. The molecule has 1 aliphatic rings. The summed E-state index contributed by atoms with van der Waals surface area (Å²) in [6.07, 6.45) is -1.30. The van der Waals surface area contributed by atoms with Gasteiger partial charge in [0.05, 0.1) is 17.9 Å². The van der Waals surface area contributed by atoms with Crippen molar-refractivity contribution in [2.75, 3.05) is 31.3 Å². The van der Waals surface area contributed by atoms with Gasteiger partial charge in [0.25, 0.3) is 0 Å². The monoisotopic (exact) mass is 491 g/mol. The van der Waals surface area contributed by atoms with Gasteiger partial charge in [0.1, 0.15) is 5.82 Å². The molecular formula is C25H25F4N3O3. The molecule has 0 radical (unpaired) electrons. The number of halogens is 4. The number of carbonyl (C=O) groups is 2. The number of Topliss-reactive ketones (excluding diaryl/α,β-unsaturated/α-hetero) is 1. The number of amides is 2. The molecule has 0 saturated heterocycles. The van der Waals surface area contributed by atoms with Crippen molar-refractivity contribution in [1.29, 1.82) is 0 Å². The molecule has 0 unspecified atom stereocenters. The molecule has 0 bridgehead atoms. The zero-order valence-corrected chi connectivity index (χ0v) is 19.4. The van der Waals surface area contributed by atoms with Crippen LogP contribution < -0.4 is 10.6 Å². The van der Waals surface area contributed by atoms with Crippen LogP contribution in [-0.2, 0) is 22.3 Å². The predicted molar refractivity (Wildman–Crippen MR) is 125 cm³/mol. The molecule has 6 nitrogen and oxygen atoms in total. The molecule has 0 heterocycles. The van der Waals surface area contributed by atoms with Gasteiger partial charge >= 0.3 is 12.2 Å². The first-order valence-electron chi connectivity index (χ1n) is 10.8. The number of allylic oxidation sites excluding steroid dienone is 4. The van der Waals surface area contributed by atoms with Crippen LogP contribution in [0.1, 0.15) is 30.0 Å². The van der Waals surface area contributed by atoms with Crippen molar-refractivity contribution in [1.82, 2.24) is 4.90 Å². The summed E-state index contributed by atoms with van der Waals surface area (Å²) in [7, 11) is 3.30. The zero-order chi connectivity index (χ0) is 25.8. The van der Waals surface area contributed by atoms with Gasteiger partial charge in [-0.3, -0.25) is 4.79 Å². The van der Waals surface area contributed by atoms with E-state index >= 15 is 0 Å². The number of nitrogens with one attached hydrogen (secondary N) is 2. The Morgan fingerprint density at radius 3 is 2.49 bits per heavy atom. The first-order valence-corrected chi connectivity index (χ1v) is 10.8. The molecule has 0 aromatic heterocycles. The molecule has 1 aliphatic carbocycles. The molecule has 0 aliphatic heterocycles. The van der Waals surface area contributed by atoms with E-state index in [1.165, 1.54) is 30.3 Å². The zero-order valence-electron chi connectivity index (χ0n) is 19.4. The Hall–Kier alpha value is -3.66. The molecule has 0 atom stereocenters. The van der Waals surface area contributed by atoms with Crippen LogP contribution in [0, 0.1) is 5.82 Å². The van der Waals surface area contributed by atoms with Crippen LogP contribution in [0.2, 0.25) is 0 Å². The summed E-state index contributed by atoms with van der Waals surface area (Å²) in [5, 5.41) is 4.61. The SMILES string of the molecule is CCOC1=CC(c2ccc(NC(=O)Nc3ccc(CN(C)C)c(C(F)(F)F)c3)c(F)c2)=CCC1=O. The maximum absolute atomic E-state index is 14.7. The molecule has 0 spiro atoms. The Labute approximate surface area is 200 Å². The van der Waals surface area contributed by atoms with E-state index in [4.69, 9.17) is 4.74 Å². The summed E-state index contributed by atoms with van der Waals surface area (Å²) in [6.45, 7) is 2.14. The number of ketones is 1. The van der Waals surface area contributed by atoms with Gasteiger partial charge in [0.15, 0.2) is 5.76 Å². The van der Waals surface area contributed by atoms with Crippen LogP contribution in [0.5, 0.6) is 0 Å². The summed E-state index contributed by atoms with van der Waals surface area (Å²) in [5.41, 5.74) is 0.0338. The van der Waals surface area contributed by atoms with Crippen molar-refractivity contribution in [2.24, 2.45) is 0 Å². The maximum atomic E-state index is 14.7.